The first-order chi connectivity index (χ1) is 6.33. The van der Waals surface area contributed by atoms with Crippen LogP contribution in [-0.4, -0.2) is 22.4 Å². The molecule has 0 amide bonds. The third kappa shape index (κ3) is 2.11. The molecule has 1 rings (SSSR count). The number of aromatic hydroxyl groups is 1. The molecule has 0 saturated heterocycles. The summed E-state index contributed by atoms with van der Waals surface area (Å²) in [4.78, 5) is 21.4. The minimum absolute atomic E-state index is 0.0424. The highest BCUT2D eigenvalue weighted by Gasteiger charge is 2.20. The molecule has 0 saturated carbocycles. The van der Waals surface area contributed by atoms with Crippen LogP contribution in [0.4, 0.5) is 5.69 Å². The molecular weight excluding hydrogens is 186 g/mol. The van der Waals surface area contributed by atoms with E-state index >= 15 is 0 Å². The van der Waals surface area contributed by atoms with Crippen LogP contribution in [0.15, 0.2) is 9.59 Å². The van der Waals surface area contributed by atoms with Crippen molar-refractivity contribution in [3.63, 3.8) is 0 Å². The lowest BCUT2D eigenvalue weighted by molar-refractivity contribution is 0.0748. The van der Waals surface area contributed by atoms with Gasteiger partial charge in [0, 0.05) is 6.54 Å². The highest BCUT2D eigenvalue weighted by molar-refractivity contribution is 5.60. The summed E-state index contributed by atoms with van der Waals surface area (Å²) in [5.74, 6) is -0.509. The summed E-state index contributed by atoms with van der Waals surface area (Å²) in [6.07, 6.45) is 0.422. The molecule has 0 unspecified atom stereocenters. The van der Waals surface area contributed by atoms with Crippen LogP contribution in [-0.2, 0) is 0 Å². The lowest BCUT2D eigenvalue weighted by Crippen LogP contribution is -2.34. The summed E-state index contributed by atoms with van der Waals surface area (Å²) in [6, 6.07) is 0. The normalized spacial score (nSPS) is 11.9. The fourth-order valence-corrected chi connectivity index (χ4v) is 1.04. The van der Waals surface area contributed by atoms with Gasteiger partial charge in [-0.2, -0.15) is 0 Å². The van der Waals surface area contributed by atoms with Gasteiger partial charge in [0.2, 0.25) is 0 Å². The summed E-state index contributed by atoms with van der Waals surface area (Å²) in [6.45, 7) is 3.61. The van der Waals surface area contributed by atoms with Gasteiger partial charge in [-0.3, -0.25) is 9.59 Å². The number of nitrogens with one attached hydrogen (secondary N) is 1. The number of rotatable bonds is 4. The van der Waals surface area contributed by atoms with E-state index in [0.717, 1.165) is 0 Å². The average Bonchev–Trinajstić information content (AvgIpc) is 2.09. The van der Waals surface area contributed by atoms with E-state index in [1.807, 2.05) is 0 Å². The topological polar surface area (TPSA) is 86.6 Å². The third-order valence-electron chi connectivity index (χ3n) is 1.92. The van der Waals surface area contributed by atoms with Crippen molar-refractivity contribution in [3.05, 3.63) is 20.4 Å². The van der Waals surface area contributed by atoms with Crippen LogP contribution in [0.3, 0.4) is 0 Å². The van der Waals surface area contributed by atoms with E-state index in [1.54, 1.807) is 13.8 Å². The SMILES string of the molecule is CC(C)(O)CCNc1c(O)c(=O)c1=O. The zero-order valence-electron chi connectivity index (χ0n) is 8.13. The van der Waals surface area contributed by atoms with Crippen molar-refractivity contribution in [2.75, 3.05) is 11.9 Å². The molecule has 0 aliphatic rings. The quantitative estimate of drug-likeness (QED) is 0.572. The molecule has 3 N–H and O–H groups in total. The highest BCUT2D eigenvalue weighted by Crippen LogP contribution is 2.15. The van der Waals surface area contributed by atoms with Gasteiger partial charge in [-0.05, 0) is 20.3 Å². The molecular formula is C9H13NO4. The second-order valence-electron chi connectivity index (χ2n) is 3.87. The molecule has 0 aliphatic carbocycles. The third-order valence-corrected chi connectivity index (χ3v) is 1.92. The Labute approximate surface area is 80.7 Å². The van der Waals surface area contributed by atoms with Gasteiger partial charge in [-0.1, -0.05) is 0 Å². The molecule has 1 aromatic carbocycles. The molecule has 5 nitrogen and oxygen atoms in total. The van der Waals surface area contributed by atoms with Gasteiger partial charge in [0.05, 0.1) is 5.60 Å². The van der Waals surface area contributed by atoms with Crippen LogP contribution < -0.4 is 16.2 Å². The minimum atomic E-state index is -0.851. The summed E-state index contributed by atoms with van der Waals surface area (Å²) in [5.41, 5.74) is -2.42. The van der Waals surface area contributed by atoms with Gasteiger partial charge in [0.1, 0.15) is 5.69 Å². The molecule has 0 bridgehead atoms. The van der Waals surface area contributed by atoms with Crippen molar-refractivity contribution in [1.82, 2.24) is 0 Å². The van der Waals surface area contributed by atoms with E-state index < -0.39 is 22.2 Å². The number of aliphatic hydroxyl groups is 1. The Bertz CT molecular complexity index is 395. The van der Waals surface area contributed by atoms with Gasteiger partial charge in [0.15, 0.2) is 5.75 Å². The Kier molecular flexibility index (Phi) is 2.62. The molecule has 5 heteroatoms. The van der Waals surface area contributed by atoms with Crippen molar-refractivity contribution < 1.29 is 10.2 Å². The van der Waals surface area contributed by atoms with Gasteiger partial charge >= 0.3 is 0 Å². The zero-order valence-corrected chi connectivity index (χ0v) is 8.13. The molecule has 1 aromatic rings. The molecule has 14 heavy (non-hydrogen) atoms. The summed E-state index contributed by atoms with van der Waals surface area (Å²) in [7, 11) is 0. The minimum Gasteiger partial charge on any atom is -0.502 e. The lowest BCUT2D eigenvalue weighted by atomic mass is 10.1. The van der Waals surface area contributed by atoms with E-state index in [2.05, 4.69) is 5.32 Å². The Morgan fingerprint density at radius 2 is 1.86 bits per heavy atom. The Morgan fingerprint density at radius 3 is 2.29 bits per heavy atom. The van der Waals surface area contributed by atoms with Crippen LogP contribution in [0.5, 0.6) is 5.75 Å². The van der Waals surface area contributed by atoms with Crippen molar-refractivity contribution in [2.45, 2.75) is 25.9 Å². The lowest BCUT2D eigenvalue weighted by Gasteiger charge is -2.17. The first kappa shape index (κ1) is 10.7. The predicted octanol–water partition coefficient (Wildman–Crippen LogP) is -0.439. The van der Waals surface area contributed by atoms with Crippen molar-refractivity contribution in [2.24, 2.45) is 0 Å². The van der Waals surface area contributed by atoms with E-state index in [0.29, 0.717) is 13.0 Å². The molecule has 0 radical (unpaired) electrons. The van der Waals surface area contributed by atoms with Crippen LogP contribution in [0, 0.1) is 0 Å². The second kappa shape index (κ2) is 3.42. The van der Waals surface area contributed by atoms with Crippen molar-refractivity contribution >= 4 is 5.69 Å². The smallest absolute Gasteiger partial charge is 0.271 e. The first-order valence-corrected chi connectivity index (χ1v) is 4.31. The standard InChI is InChI=1S/C9H13NO4/c1-9(2,14)3-4-10-5-6(11)8(13)7(5)12/h10-11,14H,3-4H2,1-2H3. The van der Waals surface area contributed by atoms with Crippen LogP contribution >= 0.6 is 0 Å². The molecule has 0 aliphatic heterocycles. The van der Waals surface area contributed by atoms with E-state index in [1.165, 1.54) is 0 Å². The molecule has 0 spiro atoms. The Balaban J connectivity index is 2.49. The van der Waals surface area contributed by atoms with Gasteiger partial charge in [-0.15, -0.1) is 0 Å². The maximum absolute atomic E-state index is 10.8. The second-order valence-corrected chi connectivity index (χ2v) is 3.87. The number of anilines is 1. The number of hydrogen-bond donors (Lipinski definition) is 3. The molecule has 78 valence electrons. The molecule has 0 heterocycles. The maximum atomic E-state index is 10.8. The average molecular weight is 199 g/mol. The van der Waals surface area contributed by atoms with E-state index in [9.17, 15) is 14.7 Å². The van der Waals surface area contributed by atoms with Crippen LogP contribution in [0.2, 0.25) is 0 Å². The largest absolute Gasteiger partial charge is 0.502 e. The molecule has 0 atom stereocenters. The zero-order chi connectivity index (χ0) is 10.9. The summed E-state index contributed by atoms with van der Waals surface area (Å²) in [5, 5.41) is 20.9. The monoisotopic (exact) mass is 199 g/mol. The van der Waals surface area contributed by atoms with Gasteiger partial charge in [-0.25, -0.2) is 0 Å². The first-order valence-electron chi connectivity index (χ1n) is 4.31. The van der Waals surface area contributed by atoms with Crippen molar-refractivity contribution in [1.29, 1.82) is 0 Å². The van der Waals surface area contributed by atoms with E-state index in [4.69, 9.17) is 5.11 Å². The fourth-order valence-electron chi connectivity index (χ4n) is 1.04. The maximum Gasteiger partial charge on any atom is 0.271 e. The van der Waals surface area contributed by atoms with Crippen LogP contribution in [0.1, 0.15) is 20.3 Å². The van der Waals surface area contributed by atoms with E-state index in [-0.39, 0.29) is 5.69 Å². The number of hydrogen-bond acceptors (Lipinski definition) is 5. The van der Waals surface area contributed by atoms with Crippen LogP contribution in [0.25, 0.3) is 0 Å². The molecule has 0 aromatic heterocycles. The summed E-state index contributed by atoms with van der Waals surface area (Å²) < 4.78 is 0. The Hall–Kier alpha value is -1.36. The highest BCUT2D eigenvalue weighted by atomic mass is 16.3. The summed E-state index contributed by atoms with van der Waals surface area (Å²) >= 11 is 0. The van der Waals surface area contributed by atoms with Crippen molar-refractivity contribution in [3.8, 4) is 5.75 Å². The fraction of sp³-hybridized carbons (Fsp3) is 0.556. The molecule has 0 fully saturated rings. The predicted molar refractivity (Wildman–Crippen MR) is 52.4 cm³/mol. The van der Waals surface area contributed by atoms with Gasteiger partial charge < -0.3 is 15.5 Å². The van der Waals surface area contributed by atoms with Gasteiger partial charge in [0.25, 0.3) is 10.9 Å². The Morgan fingerprint density at radius 1 is 1.29 bits per heavy atom.